The van der Waals surface area contributed by atoms with Gasteiger partial charge in [-0.05, 0) is 31.2 Å². The monoisotopic (exact) mass is 332 g/mol. The van der Waals surface area contributed by atoms with Gasteiger partial charge in [-0.2, -0.15) is 0 Å². The molecule has 0 aliphatic heterocycles. The van der Waals surface area contributed by atoms with Crippen molar-refractivity contribution in [1.82, 2.24) is 0 Å². The third kappa shape index (κ3) is 3.46. The third-order valence-electron chi connectivity index (χ3n) is 3.19. The van der Waals surface area contributed by atoms with Crippen LogP contribution in [0.15, 0.2) is 36.4 Å². The summed E-state index contributed by atoms with van der Waals surface area (Å²) in [5.74, 6) is -0.710. The van der Waals surface area contributed by atoms with Crippen LogP contribution in [0.25, 0.3) is 0 Å². The zero-order chi connectivity index (χ0) is 17.9. The fraction of sp³-hybridized carbons (Fsp3) is 0.133. The van der Waals surface area contributed by atoms with E-state index in [2.05, 4.69) is 0 Å². The van der Waals surface area contributed by atoms with Crippen LogP contribution in [-0.4, -0.2) is 22.9 Å². The van der Waals surface area contributed by atoms with Crippen LogP contribution in [-0.2, 0) is 0 Å². The Hall–Kier alpha value is -3.49. The Bertz CT molecular complexity index is 833. The van der Waals surface area contributed by atoms with Gasteiger partial charge < -0.3 is 9.47 Å². The molecule has 0 bridgehead atoms. The summed E-state index contributed by atoms with van der Waals surface area (Å²) in [7, 11) is 1.28. The molecule has 2 aromatic carbocycles. The molecule has 0 spiro atoms. The minimum Gasteiger partial charge on any atom is -0.490 e. The largest absolute Gasteiger partial charge is 0.490 e. The SMILES string of the molecule is COc1ccc(C(=O)Oc2ccc([N+](=O)[O-])c(C)c2)cc1[N+](=O)[O-]. The molecule has 0 saturated heterocycles. The summed E-state index contributed by atoms with van der Waals surface area (Å²) in [4.78, 5) is 32.6. The van der Waals surface area contributed by atoms with Crippen LogP contribution in [0.1, 0.15) is 15.9 Å². The summed E-state index contributed by atoms with van der Waals surface area (Å²) < 4.78 is 9.95. The number of benzene rings is 2. The van der Waals surface area contributed by atoms with Gasteiger partial charge in [0, 0.05) is 17.7 Å². The molecular formula is C15H12N2O7. The summed E-state index contributed by atoms with van der Waals surface area (Å²) in [6.45, 7) is 1.51. The lowest BCUT2D eigenvalue weighted by molar-refractivity contribution is -0.385. The highest BCUT2D eigenvalue weighted by Crippen LogP contribution is 2.28. The van der Waals surface area contributed by atoms with Gasteiger partial charge in [0.25, 0.3) is 5.69 Å². The fourth-order valence-corrected chi connectivity index (χ4v) is 2.02. The van der Waals surface area contributed by atoms with E-state index in [1.807, 2.05) is 0 Å². The molecule has 124 valence electrons. The number of hydrogen-bond acceptors (Lipinski definition) is 7. The van der Waals surface area contributed by atoms with Crippen LogP contribution in [0.5, 0.6) is 11.5 Å². The number of nitro groups is 2. The lowest BCUT2D eigenvalue weighted by Crippen LogP contribution is -2.09. The van der Waals surface area contributed by atoms with Gasteiger partial charge in [-0.3, -0.25) is 20.2 Å². The summed E-state index contributed by atoms with van der Waals surface area (Å²) >= 11 is 0. The molecule has 0 amide bonds. The maximum Gasteiger partial charge on any atom is 0.343 e. The normalized spacial score (nSPS) is 10.1. The maximum absolute atomic E-state index is 12.1. The van der Waals surface area contributed by atoms with E-state index in [0.717, 1.165) is 6.07 Å². The van der Waals surface area contributed by atoms with Crippen molar-refractivity contribution in [2.75, 3.05) is 7.11 Å². The van der Waals surface area contributed by atoms with Gasteiger partial charge in [-0.25, -0.2) is 4.79 Å². The molecule has 2 rings (SSSR count). The van der Waals surface area contributed by atoms with Crippen LogP contribution >= 0.6 is 0 Å². The Morgan fingerprint density at radius 3 is 2.21 bits per heavy atom. The van der Waals surface area contributed by atoms with Crippen LogP contribution < -0.4 is 9.47 Å². The van der Waals surface area contributed by atoms with Gasteiger partial charge >= 0.3 is 11.7 Å². The van der Waals surface area contributed by atoms with Gasteiger partial charge in [-0.15, -0.1) is 0 Å². The van der Waals surface area contributed by atoms with Crippen LogP contribution in [0, 0.1) is 27.2 Å². The van der Waals surface area contributed by atoms with Crippen molar-refractivity contribution in [3.8, 4) is 11.5 Å². The summed E-state index contributed by atoms with van der Waals surface area (Å²) in [6.07, 6.45) is 0. The number of methoxy groups -OCH3 is 1. The van der Waals surface area contributed by atoms with Gasteiger partial charge in [0.1, 0.15) is 5.75 Å². The molecule has 9 nitrogen and oxygen atoms in total. The number of esters is 1. The van der Waals surface area contributed by atoms with Crippen molar-refractivity contribution in [3.63, 3.8) is 0 Å². The quantitative estimate of drug-likeness (QED) is 0.357. The Morgan fingerprint density at radius 1 is 1.00 bits per heavy atom. The maximum atomic E-state index is 12.1. The number of carbonyl (C=O) groups is 1. The lowest BCUT2D eigenvalue weighted by atomic mass is 10.2. The molecule has 0 saturated carbocycles. The molecule has 0 N–H and O–H groups in total. The van der Waals surface area contributed by atoms with Crippen molar-refractivity contribution in [1.29, 1.82) is 0 Å². The molecule has 0 unspecified atom stereocenters. The zero-order valence-electron chi connectivity index (χ0n) is 12.7. The Morgan fingerprint density at radius 2 is 1.67 bits per heavy atom. The highest BCUT2D eigenvalue weighted by molar-refractivity contribution is 5.92. The number of ether oxygens (including phenoxy) is 2. The number of aryl methyl sites for hydroxylation is 1. The number of nitrogens with zero attached hydrogens (tertiary/aromatic N) is 2. The van der Waals surface area contributed by atoms with E-state index in [9.17, 15) is 25.0 Å². The Balaban J connectivity index is 2.27. The summed E-state index contributed by atoms with van der Waals surface area (Å²) in [5, 5.41) is 21.7. The molecule has 0 heterocycles. The number of nitro benzene ring substituents is 2. The first-order valence-electron chi connectivity index (χ1n) is 6.63. The minimum absolute atomic E-state index is 0.0164. The van der Waals surface area contributed by atoms with Crippen LogP contribution in [0.3, 0.4) is 0 Å². The molecule has 2 aromatic rings. The van der Waals surface area contributed by atoms with E-state index in [0.29, 0.717) is 5.56 Å². The molecule has 0 aromatic heterocycles. The second-order valence-corrected chi connectivity index (χ2v) is 4.74. The fourth-order valence-electron chi connectivity index (χ4n) is 2.02. The van der Waals surface area contributed by atoms with Crippen LogP contribution in [0.4, 0.5) is 11.4 Å². The first-order chi connectivity index (χ1) is 11.3. The predicted octanol–water partition coefficient (Wildman–Crippen LogP) is 3.04. The molecule has 0 aliphatic rings. The second kappa shape index (κ2) is 6.73. The Kier molecular flexibility index (Phi) is 4.73. The molecular weight excluding hydrogens is 320 g/mol. The predicted molar refractivity (Wildman–Crippen MR) is 82.4 cm³/mol. The molecule has 24 heavy (non-hydrogen) atoms. The smallest absolute Gasteiger partial charge is 0.343 e. The van der Waals surface area contributed by atoms with Crippen molar-refractivity contribution >= 4 is 17.3 Å². The second-order valence-electron chi connectivity index (χ2n) is 4.74. The van der Waals surface area contributed by atoms with Gasteiger partial charge in [0.2, 0.25) is 0 Å². The highest BCUT2D eigenvalue weighted by Gasteiger charge is 2.20. The minimum atomic E-state index is -0.825. The first kappa shape index (κ1) is 16.9. The van der Waals surface area contributed by atoms with Crippen LogP contribution in [0.2, 0.25) is 0 Å². The molecule has 0 aliphatic carbocycles. The lowest BCUT2D eigenvalue weighted by Gasteiger charge is -2.07. The van der Waals surface area contributed by atoms with Crippen molar-refractivity contribution in [3.05, 3.63) is 67.8 Å². The van der Waals surface area contributed by atoms with E-state index >= 15 is 0 Å². The van der Waals surface area contributed by atoms with E-state index in [4.69, 9.17) is 9.47 Å². The number of rotatable bonds is 5. The zero-order valence-corrected chi connectivity index (χ0v) is 12.7. The topological polar surface area (TPSA) is 122 Å². The van der Waals surface area contributed by atoms with Crippen molar-refractivity contribution in [2.45, 2.75) is 6.92 Å². The number of carbonyl (C=O) groups excluding carboxylic acids is 1. The average molecular weight is 332 g/mol. The molecule has 0 fully saturated rings. The average Bonchev–Trinajstić information content (AvgIpc) is 2.53. The highest BCUT2D eigenvalue weighted by atomic mass is 16.6. The van der Waals surface area contributed by atoms with E-state index < -0.39 is 15.8 Å². The van der Waals surface area contributed by atoms with Crippen molar-refractivity contribution in [2.24, 2.45) is 0 Å². The molecule has 9 heteroatoms. The third-order valence-corrected chi connectivity index (χ3v) is 3.19. The summed E-state index contributed by atoms with van der Waals surface area (Å²) in [6, 6.07) is 7.49. The van der Waals surface area contributed by atoms with E-state index in [-0.39, 0.29) is 28.4 Å². The molecule has 0 atom stereocenters. The van der Waals surface area contributed by atoms with Gasteiger partial charge in [-0.1, -0.05) is 0 Å². The number of hydrogen-bond donors (Lipinski definition) is 0. The van der Waals surface area contributed by atoms with Crippen molar-refractivity contribution < 1.29 is 24.1 Å². The molecule has 0 radical (unpaired) electrons. The first-order valence-corrected chi connectivity index (χ1v) is 6.63. The van der Waals surface area contributed by atoms with Gasteiger partial charge in [0.15, 0.2) is 5.75 Å². The summed E-state index contributed by atoms with van der Waals surface area (Å²) in [5.41, 5.74) is -0.189. The van der Waals surface area contributed by atoms with Gasteiger partial charge in [0.05, 0.1) is 22.5 Å². The standard InChI is InChI=1S/C15H12N2O7/c1-9-7-11(4-5-12(9)16(19)20)24-15(18)10-3-6-14(23-2)13(8-10)17(21)22/h3-8H,1-2H3. The Labute approximate surface area is 135 Å². The van der Waals surface area contributed by atoms with E-state index in [1.165, 1.54) is 44.4 Å². The van der Waals surface area contributed by atoms with E-state index in [1.54, 1.807) is 0 Å².